The molecule has 1 aromatic rings. The van der Waals surface area contributed by atoms with E-state index in [1.54, 1.807) is 0 Å². The Balaban J connectivity index is 2.16. The van der Waals surface area contributed by atoms with Crippen molar-refractivity contribution in [2.45, 2.75) is 46.0 Å². The molecule has 1 aliphatic rings. The van der Waals surface area contributed by atoms with Crippen molar-refractivity contribution in [3.8, 4) is 0 Å². The summed E-state index contributed by atoms with van der Waals surface area (Å²) in [5.74, 6) is 0.966. The van der Waals surface area contributed by atoms with E-state index in [4.69, 9.17) is 0 Å². The lowest BCUT2D eigenvalue weighted by Crippen LogP contribution is -2.10. The van der Waals surface area contributed by atoms with Gasteiger partial charge in [-0.05, 0) is 48.8 Å². The smallest absolute Gasteiger partial charge is 0.188 e. The van der Waals surface area contributed by atoms with Gasteiger partial charge in [-0.25, -0.2) is 0 Å². The summed E-state index contributed by atoms with van der Waals surface area (Å²) in [6.45, 7) is 4.42. The molecule has 18 heavy (non-hydrogen) atoms. The molecule has 1 nitrogen and oxygen atoms in total. The summed E-state index contributed by atoms with van der Waals surface area (Å²) in [5.41, 5.74) is 3.15. The molecule has 1 heteroatoms. The third-order valence-corrected chi connectivity index (χ3v) is 3.69. The average molecular weight is 242 g/mol. The first-order valence-corrected chi connectivity index (χ1v) is 7.03. The molecular weight excluding hydrogens is 220 g/mol. The van der Waals surface area contributed by atoms with Crippen LogP contribution < -0.4 is 0 Å². The summed E-state index contributed by atoms with van der Waals surface area (Å²) in [4.78, 5) is 12.4. The van der Waals surface area contributed by atoms with E-state index in [1.165, 1.54) is 5.56 Å². The van der Waals surface area contributed by atoms with Crippen molar-refractivity contribution in [3.05, 3.63) is 47.0 Å². The summed E-state index contributed by atoms with van der Waals surface area (Å²) in [6, 6.07) is 8.12. The minimum absolute atomic E-state index is 0.236. The van der Waals surface area contributed by atoms with Crippen LogP contribution in [0.25, 0.3) is 0 Å². The van der Waals surface area contributed by atoms with E-state index in [1.807, 2.05) is 12.1 Å². The van der Waals surface area contributed by atoms with Crippen LogP contribution in [0, 0.1) is 5.92 Å². The molecule has 0 fully saturated rings. The van der Waals surface area contributed by atoms with Gasteiger partial charge in [0.25, 0.3) is 0 Å². The van der Waals surface area contributed by atoms with Gasteiger partial charge in [0.15, 0.2) is 5.78 Å². The normalized spacial score (nSPS) is 19.4. The molecule has 0 spiro atoms. The maximum Gasteiger partial charge on any atom is 0.188 e. The SMILES string of the molecule is CCCc1cccc(C(=O)C2=CCC(C)CC2)c1. The van der Waals surface area contributed by atoms with Crippen LogP contribution in [0.5, 0.6) is 0 Å². The van der Waals surface area contributed by atoms with Crippen LogP contribution in [-0.2, 0) is 6.42 Å². The second kappa shape index (κ2) is 5.99. The Kier molecular flexibility index (Phi) is 4.35. The fourth-order valence-electron chi connectivity index (χ4n) is 2.51. The van der Waals surface area contributed by atoms with Gasteiger partial charge in [0, 0.05) is 5.56 Å². The highest BCUT2D eigenvalue weighted by Gasteiger charge is 2.17. The Labute approximate surface area is 110 Å². The van der Waals surface area contributed by atoms with E-state index < -0.39 is 0 Å². The molecule has 0 radical (unpaired) electrons. The van der Waals surface area contributed by atoms with Crippen LogP contribution in [0.1, 0.15) is 55.5 Å². The topological polar surface area (TPSA) is 17.1 Å². The van der Waals surface area contributed by atoms with Crippen LogP contribution in [0.3, 0.4) is 0 Å². The summed E-state index contributed by atoms with van der Waals surface area (Å²) >= 11 is 0. The first-order valence-electron chi connectivity index (χ1n) is 7.03. The molecule has 0 saturated carbocycles. The second-order valence-electron chi connectivity index (χ2n) is 5.39. The molecule has 0 bridgehead atoms. The zero-order chi connectivity index (χ0) is 13.0. The third-order valence-electron chi connectivity index (χ3n) is 3.69. The van der Waals surface area contributed by atoms with Gasteiger partial charge >= 0.3 is 0 Å². The Morgan fingerprint density at radius 1 is 1.39 bits per heavy atom. The number of hydrogen-bond acceptors (Lipinski definition) is 1. The Morgan fingerprint density at radius 3 is 2.89 bits per heavy atom. The number of carbonyl (C=O) groups excluding carboxylic acids is 1. The summed E-state index contributed by atoms with van der Waals surface area (Å²) in [7, 11) is 0. The molecule has 2 rings (SSSR count). The maximum atomic E-state index is 12.4. The number of aryl methyl sites for hydroxylation is 1. The lowest BCUT2D eigenvalue weighted by atomic mass is 9.87. The van der Waals surface area contributed by atoms with E-state index in [0.717, 1.165) is 49.2 Å². The average Bonchev–Trinajstić information content (AvgIpc) is 2.39. The highest BCUT2D eigenvalue weighted by Crippen LogP contribution is 2.25. The number of hydrogen-bond donors (Lipinski definition) is 0. The fourth-order valence-corrected chi connectivity index (χ4v) is 2.51. The highest BCUT2D eigenvalue weighted by atomic mass is 16.1. The monoisotopic (exact) mass is 242 g/mol. The molecular formula is C17H22O. The van der Waals surface area contributed by atoms with E-state index in [0.29, 0.717) is 0 Å². The van der Waals surface area contributed by atoms with E-state index in [-0.39, 0.29) is 5.78 Å². The number of carbonyl (C=O) groups is 1. The summed E-state index contributed by atoms with van der Waals surface area (Å²) in [6.07, 6.45) is 7.46. The number of rotatable bonds is 4. The number of Topliss-reactive ketones (excluding diaryl/α,β-unsaturated/α-hetero) is 1. The van der Waals surface area contributed by atoms with Crippen LogP contribution >= 0.6 is 0 Å². The molecule has 0 aliphatic heterocycles. The minimum Gasteiger partial charge on any atom is -0.289 e. The largest absolute Gasteiger partial charge is 0.289 e. The van der Waals surface area contributed by atoms with Gasteiger partial charge in [0.05, 0.1) is 0 Å². The first-order chi connectivity index (χ1) is 8.70. The summed E-state index contributed by atoms with van der Waals surface area (Å²) in [5, 5.41) is 0. The zero-order valence-electron chi connectivity index (χ0n) is 11.4. The molecule has 0 aromatic heterocycles. The number of benzene rings is 1. The number of allylic oxidation sites excluding steroid dienone is 2. The highest BCUT2D eigenvalue weighted by molar-refractivity contribution is 6.08. The quantitative estimate of drug-likeness (QED) is 0.707. The molecule has 1 atom stereocenters. The van der Waals surface area contributed by atoms with Gasteiger partial charge in [-0.3, -0.25) is 4.79 Å². The van der Waals surface area contributed by atoms with Crippen LogP contribution in [0.15, 0.2) is 35.9 Å². The van der Waals surface area contributed by atoms with Gasteiger partial charge < -0.3 is 0 Å². The van der Waals surface area contributed by atoms with Crippen molar-refractivity contribution < 1.29 is 4.79 Å². The molecule has 1 aliphatic carbocycles. The van der Waals surface area contributed by atoms with Crippen LogP contribution in [0.4, 0.5) is 0 Å². The molecule has 96 valence electrons. The fraction of sp³-hybridized carbons (Fsp3) is 0.471. The van der Waals surface area contributed by atoms with Crippen molar-refractivity contribution in [1.82, 2.24) is 0 Å². The number of ketones is 1. The van der Waals surface area contributed by atoms with Crippen molar-refractivity contribution in [2.24, 2.45) is 5.92 Å². The minimum atomic E-state index is 0.236. The lowest BCUT2D eigenvalue weighted by molar-refractivity contribution is 0.102. The van der Waals surface area contributed by atoms with Crippen molar-refractivity contribution in [1.29, 1.82) is 0 Å². The van der Waals surface area contributed by atoms with E-state index >= 15 is 0 Å². The van der Waals surface area contributed by atoms with Crippen molar-refractivity contribution in [2.75, 3.05) is 0 Å². The van der Waals surface area contributed by atoms with Crippen molar-refractivity contribution >= 4 is 5.78 Å². The Morgan fingerprint density at radius 2 is 2.22 bits per heavy atom. The lowest BCUT2D eigenvalue weighted by Gasteiger charge is -2.17. The van der Waals surface area contributed by atoms with Gasteiger partial charge in [0.1, 0.15) is 0 Å². The maximum absolute atomic E-state index is 12.4. The third kappa shape index (κ3) is 3.10. The molecule has 1 unspecified atom stereocenters. The Hall–Kier alpha value is -1.37. The predicted octanol–water partition coefficient (Wildman–Crippen LogP) is 4.57. The van der Waals surface area contributed by atoms with E-state index in [2.05, 4.69) is 32.1 Å². The molecule has 1 aromatic carbocycles. The van der Waals surface area contributed by atoms with Gasteiger partial charge in [-0.2, -0.15) is 0 Å². The predicted molar refractivity (Wildman–Crippen MR) is 75.9 cm³/mol. The Bertz CT molecular complexity index is 456. The van der Waals surface area contributed by atoms with E-state index in [9.17, 15) is 4.79 Å². The zero-order valence-corrected chi connectivity index (χ0v) is 11.4. The molecule has 0 N–H and O–H groups in total. The standard InChI is InChI=1S/C17H22O/c1-3-5-14-6-4-7-16(12-14)17(18)15-10-8-13(2)9-11-15/h4,6-7,10,12-13H,3,5,8-9,11H2,1-2H3. The molecule has 0 heterocycles. The van der Waals surface area contributed by atoms with Crippen LogP contribution in [-0.4, -0.2) is 5.78 Å². The van der Waals surface area contributed by atoms with Crippen LogP contribution in [0.2, 0.25) is 0 Å². The van der Waals surface area contributed by atoms with Gasteiger partial charge in [-0.15, -0.1) is 0 Å². The molecule has 0 saturated heterocycles. The van der Waals surface area contributed by atoms with Gasteiger partial charge in [0.2, 0.25) is 0 Å². The first kappa shape index (κ1) is 13.1. The second-order valence-corrected chi connectivity index (χ2v) is 5.39. The van der Waals surface area contributed by atoms with Gasteiger partial charge in [-0.1, -0.05) is 44.5 Å². The molecule has 0 amide bonds. The van der Waals surface area contributed by atoms with Crippen molar-refractivity contribution in [3.63, 3.8) is 0 Å². The summed E-state index contributed by atoms with van der Waals surface area (Å²) < 4.78 is 0.